The maximum absolute atomic E-state index is 13.9. The van der Waals surface area contributed by atoms with Crippen LogP contribution in [-0.2, 0) is 4.79 Å². The fraction of sp³-hybridized carbons (Fsp3) is 0.125. The Kier molecular flexibility index (Phi) is 4.07. The molecule has 0 bridgehead atoms. The molecule has 25 heavy (non-hydrogen) atoms. The lowest BCUT2D eigenvalue weighted by atomic mass is 10.1. The summed E-state index contributed by atoms with van der Waals surface area (Å²) in [5.74, 6) is -1.89. The third-order valence-corrected chi connectivity index (χ3v) is 3.25. The van der Waals surface area contributed by atoms with Gasteiger partial charge in [-0.2, -0.15) is 0 Å². The van der Waals surface area contributed by atoms with Gasteiger partial charge in [0.2, 0.25) is 5.91 Å². The molecule has 0 atom stereocenters. The minimum Gasteiger partial charge on any atom is -0.403 e. The number of anilines is 1. The van der Waals surface area contributed by atoms with Gasteiger partial charge < -0.3 is 10.1 Å². The van der Waals surface area contributed by atoms with Gasteiger partial charge in [-0.15, -0.1) is 13.2 Å². The van der Waals surface area contributed by atoms with Gasteiger partial charge in [0.25, 0.3) is 0 Å². The average molecular weight is 353 g/mol. The number of hydrogen-bond acceptors (Lipinski definition) is 3. The molecule has 5 nitrogen and oxygen atoms in total. The van der Waals surface area contributed by atoms with E-state index in [1.807, 2.05) is 0 Å². The van der Waals surface area contributed by atoms with Crippen LogP contribution in [0.5, 0.6) is 5.75 Å². The van der Waals surface area contributed by atoms with Crippen LogP contribution in [0.4, 0.5) is 23.4 Å². The second kappa shape index (κ2) is 6.08. The van der Waals surface area contributed by atoms with E-state index in [9.17, 15) is 22.4 Å². The van der Waals surface area contributed by atoms with E-state index >= 15 is 0 Å². The van der Waals surface area contributed by atoms with Crippen LogP contribution in [0.3, 0.4) is 0 Å². The highest BCUT2D eigenvalue weighted by Gasteiger charge is 2.32. The summed E-state index contributed by atoms with van der Waals surface area (Å²) in [6.45, 7) is 1.35. The molecule has 1 amide bonds. The Bertz CT molecular complexity index is 950. The van der Waals surface area contributed by atoms with Crippen molar-refractivity contribution in [1.29, 1.82) is 0 Å². The van der Waals surface area contributed by atoms with Crippen LogP contribution in [0.2, 0.25) is 0 Å². The van der Waals surface area contributed by atoms with E-state index in [2.05, 4.69) is 15.0 Å². The molecule has 2 aromatic heterocycles. The number of aromatic nitrogens is 2. The lowest BCUT2D eigenvalue weighted by Gasteiger charge is -2.09. The number of hydrogen-bond donors (Lipinski definition) is 1. The molecular weight excluding hydrogens is 342 g/mol. The van der Waals surface area contributed by atoms with Gasteiger partial charge in [0, 0.05) is 18.7 Å². The second-order valence-electron chi connectivity index (χ2n) is 5.14. The number of carbonyl (C=O) groups excluding carboxylic acids is 1. The number of halogens is 4. The van der Waals surface area contributed by atoms with Crippen LogP contribution in [0.1, 0.15) is 6.92 Å². The number of carbonyl (C=O) groups is 1. The molecule has 3 aromatic rings. The van der Waals surface area contributed by atoms with Crippen molar-refractivity contribution < 1.29 is 27.1 Å². The average Bonchev–Trinajstić information content (AvgIpc) is 2.93. The van der Waals surface area contributed by atoms with Crippen molar-refractivity contribution in [2.45, 2.75) is 13.3 Å². The number of alkyl halides is 3. The number of imidazole rings is 1. The minimum atomic E-state index is -4.97. The molecule has 0 unspecified atom stereocenters. The third kappa shape index (κ3) is 3.70. The van der Waals surface area contributed by atoms with Crippen molar-refractivity contribution >= 4 is 17.4 Å². The second-order valence-corrected chi connectivity index (χ2v) is 5.14. The highest BCUT2D eigenvalue weighted by molar-refractivity contribution is 5.88. The Morgan fingerprint density at radius 1 is 1.24 bits per heavy atom. The number of pyridine rings is 1. The monoisotopic (exact) mass is 353 g/mol. The summed E-state index contributed by atoms with van der Waals surface area (Å²) < 4.78 is 55.6. The fourth-order valence-corrected chi connectivity index (χ4v) is 2.30. The smallest absolute Gasteiger partial charge is 0.403 e. The van der Waals surface area contributed by atoms with Crippen molar-refractivity contribution in [1.82, 2.24) is 9.38 Å². The molecule has 0 saturated heterocycles. The first-order valence-electron chi connectivity index (χ1n) is 7.04. The Morgan fingerprint density at radius 3 is 2.64 bits per heavy atom. The summed E-state index contributed by atoms with van der Waals surface area (Å²) >= 11 is 0. The van der Waals surface area contributed by atoms with Crippen molar-refractivity contribution in [2.75, 3.05) is 5.32 Å². The van der Waals surface area contributed by atoms with E-state index in [1.54, 1.807) is 28.8 Å². The predicted octanol–water partition coefficient (Wildman–Crippen LogP) is 4.00. The van der Waals surface area contributed by atoms with Gasteiger partial charge in [0.05, 0.1) is 5.69 Å². The molecular formula is C16H11F4N3O2. The summed E-state index contributed by atoms with van der Waals surface area (Å²) in [6.07, 6.45) is -3.43. The van der Waals surface area contributed by atoms with Gasteiger partial charge in [-0.05, 0) is 30.3 Å². The summed E-state index contributed by atoms with van der Waals surface area (Å²) in [4.78, 5) is 15.5. The molecule has 0 aliphatic carbocycles. The molecule has 0 aliphatic rings. The van der Waals surface area contributed by atoms with Gasteiger partial charge in [-0.1, -0.05) is 6.07 Å². The van der Waals surface area contributed by atoms with E-state index in [4.69, 9.17) is 0 Å². The maximum Gasteiger partial charge on any atom is 0.573 e. The van der Waals surface area contributed by atoms with Gasteiger partial charge in [-0.3, -0.25) is 9.20 Å². The Morgan fingerprint density at radius 2 is 2.00 bits per heavy atom. The summed E-state index contributed by atoms with van der Waals surface area (Å²) in [5.41, 5.74) is 1.08. The van der Waals surface area contributed by atoms with Crippen LogP contribution in [0, 0.1) is 5.82 Å². The summed E-state index contributed by atoms with van der Waals surface area (Å²) in [6, 6.07) is 8.06. The van der Waals surface area contributed by atoms with E-state index in [0.29, 0.717) is 17.2 Å². The Labute approximate surface area is 138 Å². The lowest BCUT2D eigenvalue weighted by Crippen LogP contribution is -2.17. The standard InChI is InChI=1S/C16H11F4N3O2/c1-9(24)21-14-3-2-4-15-22-12(8-23(14)15)10-5-6-13(11(17)7-10)25-16(18,19)20/h2-8H,1H3,(H,21,24). The van der Waals surface area contributed by atoms with E-state index in [-0.39, 0.29) is 11.5 Å². The van der Waals surface area contributed by atoms with Gasteiger partial charge in [-0.25, -0.2) is 9.37 Å². The quantitative estimate of drug-likeness (QED) is 0.724. The fourth-order valence-electron chi connectivity index (χ4n) is 2.30. The van der Waals surface area contributed by atoms with Gasteiger partial charge in [0.1, 0.15) is 11.5 Å². The lowest BCUT2D eigenvalue weighted by molar-refractivity contribution is -0.275. The molecule has 1 aromatic carbocycles. The highest BCUT2D eigenvalue weighted by atomic mass is 19.4. The summed E-state index contributed by atoms with van der Waals surface area (Å²) in [7, 11) is 0. The minimum absolute atomic E-state index is 0.268. The highest BCUT2D eigenvalue weighted by Crippen LogP contribution is 2.29. The topological polar surface area (TPSA) is 55.6 Å². The molecule has 2 heterocycles. The summed E-state index contributed by atoms with van der Waals surface area (Å²) in [5, 5.41) is 2.62. The molecule has 9 heteroatoms. The Balaban J connectivity index is 1.99. The molecule has 130 valence electrons. The number of ether oxygens (including phenoxy) is 1. The molecule has 3 rings (SSSR count). The first kappa shape index (κ1) is 16.7. The number of fused-ring (bicyclic) bond motifs is 1. The molecule has 0 aliphatic heterocycles. The zero-order valence-electron chi connectivity index (χ0n) is 12.8. The number of amides is 1. The van der Waals surface area contributed by atoms with Crippen LogP contribution < -0.4 is 10.1 Å². The number of nitrogens with zero attached hydrogens (tertiary/aromatic N) is 2. The normalized spacial score (nSPS) is 11.6. The zero-order valence-corrected chi connectivity index (χ0v) is 12.8. The van der Waals surface area contributed by atoms with Crippen LogP contribution >= 0.6 is 0 Å². The van der Waals surface area contributed by atoms with E-state index in [1.165, 1.54) is 13.0 Å². The van der Waals surface area contributed by atoms with Gasteiger partial charge >= 0.3 is 6.36 Å². The van der Waals surface area contributed by atoms with Gasteiger partial charge in [0.15, 0.2) is 11.6 Å². The number of benzene rings is 1. The van der Waals surface area contributed by atoms with Crippen molar-refractivity contribution in [3.05, 3.63) is 48.4 Å². The van der Waals surface area contributed by atoms with Crippen LogP contribution in [0.15, 0.2) is 42.6 Å². The first-order valence-corrected chi connectivity index (χ1v) is 7.04. The van der Waals surface area contributed by atoms with Crippen molar-refractivity contribution in [2.24, 2.45) is 0 Å². The number of nitrogens with one attached hydrogen (secondary N) is 1. The molecule has 0 fully saturated rings. The SMILES string of the molecule is CC(=O)Nc1cccc2nc(-c3ccc(OC(F)(F)F)c(F)c3)cn12. The maximum atomic E-state index is 13.9. The van der Waals surface area contributed by atoms with Crippen LogP contribution in [0.25, 0.3) is 16.9 Å². The number of rotatable bonds is 3. The molecule has 0 spiro atoms. The zero-order chi connectivity index (χ0) is 18.2. The Hall–Kier alpha value is -3.10. The first-order chi connectivity index (χ1) is 11.7. The van der Waals surface area contributed by atoms with Crippen molar-refractivity contribution in [3.63, 3.8) is 0 Å². The molecule has 0 saturated carbocycles. The van der Waals surface area contributed by atoms with E-state index in [0.717, 1.165) is 12.1 Å². The van der Waals surface area contributed by atoms with Crippen LogP contribution in [-0.4, -0.2) is 21.7 Å². The third-order valence-electron chi connectivity index (χ3n) is 3.25. The van der Waals surface area contributed by atoms with E-state index < -0.39 is 17.9 Å². The predicted molar refractivity (Wildman–Crippen MR) is 81.6 cm³/mol. The largest absolute Gasteiger partial charge is 0.573 e. The molecule has 1 N–H and O–H groups in total. The van der Waals surface area contributed by atoms with Crippen molar-refractivity contribution in [3.8, 4) is 17.0 Å². The molecule has 0 radical (unpaired) electrons.